The molecule has 0 radical (unpaired) electrons. The van der Waals surface area contributed by atoms with E-state index in [1.54, 1.807) is 7.11 Å². The molecule has 0 N–H and O–H groups in total. The van der Waals surface area contributed by atoms with Gasteiger partial charge >= 0.3 is 0 Å². The SMILES string of the molecule is COc1ccc(CC2Cc3cncn3C(c3ccc(Br)cc3)C2)cc1. The van der Waals surface area contributed by atoms with E-state index in [0.717, 1.165) is 29.5 Å². The smallest absolute Gasteiger partial charge is 0.118 e. The second-order valence-corrected chi connectivity index (χ2v) is 7.63. The van der Waals surface area contributed by atoms with Gasteiger partial charge in [0.2, 0.25) is 0 Å². The minimum Gasteiger partial charge on any atom is -0.497 e. The zero-order chi connectivity index (χ0) is 17.2. The predicted octanol–water partition coefficient (Wildman–Crippen LogP) is 5.05. The first-order valence-corrected chi connectivity index (χ1v) is 9.41. The fourth-order valence-electron chi connectivity index (χ4n) is 3.81. The summed E-state index contributed by atoms with van der Waals surface area (Å²) in [4.78, 5) is 4.40. The minimum atomic E-state index is 0.364. The lowest BCUT2D eigenvalue weighted by molar-refractivity contribution is 0.343. The first kappa shape index (κ1) is 16.4. The quantitative estimate of drug-likeness (QED) is 0.616. The van der Waals surface area contributed by atoms with E-state index in [2.05, 4.69) is 74.0 Å². The standard InChI is InChI=1S/C21H21BrN2O/c1-25-20-8-2-15(3-9-20)10-16-11-19-13-23-14-24(19)21(12-16)17-4-6-18(22)7-5-17/h2-9,13-14,16,21H,10-12H2,1H3. The third-order valence-corrected chi connectivity index (χ3v) is 5.60. The summed E-state index contributed by atoms with van der Waals surface area (Å²) in [5, 5.41) is 0. The zero-order valence-electron chi connectivity index (χ0n) is 14.2. The average Bonchev–Trinajstić information content (AvgIpc) is 3.11. The van der Waals surface area contributed by atoms with E-state index in [0.29, 0.717) is 12.0 Å². The number of benzene rings is 2. The molecule has 128 valence electrons. The van der Waals surface area contributed by atoms with Crippen molar-refractivity contribution in [2.45, 2.75) is 25.3 Å². The highest BCUT2D eigenvalue weighted by Crippen LogP contribution is 2.35. The van der Waals surface area contributed by atoms with Crippen LogP contribution in [-0.2, 0) is 12.8 Å². The molecule has 0 fully saturated rings. The van der Waals surface area contributed by atoms with Gasteiger partial charge in [-0.2, -0.15) is 0 Å². The molecule has 2 aromatic carbocycles. The average molecular weight is 397 g/mol. The van der Waals surface area contributed by atoms with Crippen LogP contribution in [0.1, 0.15) is 29.3 Å². The van der Waals surface area contributed by atoms with Crippen molar-refractivity contribution in [1.29, 1.82) is 0 Å². The molecule has 0 aliphatic carbocycles. The summed E-state index contributed by atoms with van der Waals surface area (Å²) in [6.45, 7) is 0. The third kappa shape index (κ3) is 3.49. The van der Waals surface area contributed by atoms with Gasteiger partial charge in [-0.1, -0.05) is 40.2 Å². The molecule has 2 atom stereocenters. The van der Waals surface area contributed by atoms with Crippen LogP contribution < -0.4 is 4.74 Å². The number of methoxy groups -OCH3 is 1. The van der Waals surface area contributed by atoms with E-state index in [-0.39, 0.29) is 0 Å². The Kier molecular flexibility index (Phi) is 4.62. The lowest BCUT2D eigenvalue weighted by Gasteiger charge is -2.32. The number of aromatic nitrogens is 2. The maximum Gasteiger partial charge on any atom is 0.118 e. The summed E-state index contributed by atoms with van der Waals surface area (Å²) >= 11 is 3.53. The Bertz CT molecular complexity index is 839. The van der Waals surface area contributed by atoms with Gasteiger partial charge < -0.3 is 9.30 Å². The van der Waals surface area contributed by atoms with Gasteiger partial charge in [-0.15, -0.1) is 0 Å². The van der Waals surface area contributed by atoms with Crippen LogP contribution in [0.2, 0.25) is 0 Å². The highest BCUT2D eigenvalue weighted by Gasteiger charge is 2.27. The van der Waals surface area contributed by atoms with Crippen LogP contribution in [0.25, 0.3) is 0 Å². The maximum absolute atomic E-state index is 5.26. The molecule has 3 aromatic rings. The molecule has 25 heavy (non-hydrogen) atoms. The van der Waals surface area contributed by atoms with Gasteiger partial charge in [0.15, 0.2) is 0 Å². The Labute approximate surface area is 156 Å². The van der Waals surface area contributed by atoms with Crippen LogP contribution in [0.4, 0.5) is 0 Å². The summed E-state index contributed by atoms with van der Waals surface area (Å²) < 4.78 is 8.72. The van der Waals surface area contributed by atoms with E-state index in [1.807, 2.05) is 12.5 Å². The number of halogens is 1. The number of ether oxygens (including phenoxy) is 1. The zero-order valence-corrected chi connectivity index (χ0v) is 15.8. The first-order chi connectivity index (χ1) is 12.2. The number of hydrogen-bond donors (Lipinski definition) is 0. The van der Waals surface area contributed by atoms with Crippen LogP contribution in [0.5, 0.6) is 5.75 Å². The van der Waals surface area contributed by atoms with E-state index in [9.17, 15) is 0 Å². The van der Waals surface area contributed by atoms with Gasteiger partial charge in [0.1, 0.15) is 5.75 Å². The second kappa shape index (κ2) is 7.04. The highest BCUT2D eigenvalue weighted by molar-refractivity contribution is 9.10. The van der Waals surface area contributed by atoms with Gasteiger partial charge in [-0.3, -0.25) is 0 Å². The molecule has 2 heterocycles. The molecule has 1 aliphatic heterocycles. The van der Waals surface area contributed by atoms with Crippen molar-refractivity contribution in [2.75, 3.05) is 7.11 Å². The molecular weight excluding hydrogens is 376 g/mol. The molecule has 3 nitrogen and oxygen atoms in total. The maximum atomic E-state index is 5.26. The number of imidazole rings is 1. The molecule has 4 rings (SSSR count). The van der Waals surface area contributed by atoms with E-state index in [1.165, 1.54) is 16.8 Å². The Hall–Kier alpha value is -2.07. The van der Waals surface area contributed by atoms with Crippen LogP contribution in [0.15, 0.2) is 65.5 Å². The number of hydrogen-bond acceptors (Lipinski definition) is 2. The fraction of sp³-hybridized carbons (Fsp3) is 0.286. The fourth-order valence-corrected chi connectivity index (χ4v) is 4.08. The molecule has 0 saturated carbocycles. The molecular formula is C21H21BrN2O. The Balaban J connectivity index is 1.58. The molecule has 4 heteroatoms. The third-order valence-electron chi connectivity index (χ3n) is 5.07. The van der Waals surface area contributed by atoms with Crippen molar-refractivity contribution in [3.63, 3.8) is 0 Å². The van der Waals surface area contributed by atoms with E-state index in [4.69, 9.17) is 4.74 Å². The van der Waals surface area contributed by atoms with E-state index < -0.39 is 0 Å². The predicted molar refractivity (Wildman–Crippen MR) is 103 cm³/mol. The number of rotatable bonds is 4. The van der Waals surface area contributed by atoms with E-state index >= 15 is 0 Å². The second-order valence-electron chi connectivity index (χ2n) is 6.72. The summed E-state index contributed by atoms with van der Waals surface area (Å²) in [7, 11) is 1.71. The van der Waals surface area contributed by atoms with Crippen molar-refractivity contribution >= 4 is 15.9 Å². The summed E-state index contributed by atoms with van der Waals surface area (Å²) in [5.74, 6) is 1.53. The van der Waals surface area contributed by atoms with Gasteiger partial charge in [0.25, 0.3) is 0 Å². The van der Waals surface area contributed by atoms with Crippen molar-refractivity contribution in [2.24, 2.45) is 5.92 Å². The number of nitrogens with zero attached hydrogens (tertiary/aromatic N) is 2. The summed E-state index contributed by atoms with van der Waals surface area (Å²) in [5.41, 5.74) is 4.05. The molecule has 1 aliphatic rings. The summed E-state index contributed by atoms with van der Waals surface area (Å²) in [6, 6.07) is 17.5. The van der Waals surface area contributed by atoms with Gasteiger partial charge in [-0.05, 0) is 60.6 Å². The summed E-state index contributed by atoms with van der Waals surface area (Å²) in [6.07, 6.45) is 7.30. The van der Waals surface area contributed by atoms with Crippen molar-refractivity contribution in [3.8, 4) is 5.75 Å². The van der Waals surface area contributed by atoms with Crippen molar-refractivity contribution in [1.82, 2.24) is 9.55 Å². The first-order valence-electron chi connectivity index (χ1n) is 8.62. The number of fused-ring (bicyclic) bond motifs is 1. The molecule has 0 saturated heterocycles. The Morgan fingerprint density at radius 1 is 1.12 bits per heavy atom. The van der Waals surface area contributed by atoms with Gasteiger partial charge in [0, 0.05) is 16.4 Å². The Morgan fingerprint density at radius 3 is 2.60 bits per heavy atom. The topological polar surface area (TPSA) is 27.1 Å². The molecule has 0 spiro atoms. The lowest BCUT2D eigenvalue weighted by Crippen LogP contribution is -2.25. The molecule has 0 amide bonds. The van der Waals surface area contributed by atoms with Crippen LogP contribution >= 0.6 is 15.9 Å². The Morgan fingerprint density at radius 2 is 1.88 bits per heavy atom. The van der Waals surface area contributed by atoms with Crippen LogP contribution in [0, 0.1) is 5.92 Å². The van der Waals surface area contributed by atoms with Gasteiger partial charge in [0.05, 0.1) is 19.5 Å². The largest absolute Gasteiger partial charge is 0.497 e. The van der Waals surface area contributed by atoms with Crippen LogP contribution in [0.3, 0.4) is 0 Å². The van der Waals surface area contributed by atoms with Crippen molar-refractivity contribution < 1.29 is 4.74 Å². The molecule has 0 bridgehead atoms. The monoisotopic (exact) mass is 396 g/mol. The van der Waals surface area contributed by atoms with Gasteiger partial charge in [-0.25, -0.2) is 4.98 Å². The normalized spacial score (nSPS) is 19.4. The molecule has 2 unspecified atom stereocenters. The molecule has 1 aromatic heterocycles. The lowest BCUT2D eigenvalue weighted by atomic mass is 9.84. The highest BCUT2D eigenvalue weighted by atomic mass is 79.9. The van der Waals surface area contributed by atoms with Crippen molar-refractivity contribution in [3.05, 3.63) is 82.3 Å². The minimum absolute atomic E-state index is 0.364. The van der Waals surface area contributed by atoms with Crippen LogP contribution in [-0.4, -0.2) is 16.7 Å².